The fraction of sp³-hybridized carbons (Fsp3) is 0.464. The van der Waals surface area contributed by atoms with Crippen LogP contribution in [0.4, 0.5) is 8.78 Å². The summed E-state index contributed by atoms with van der Waals surface area (Å²) in [5.41, 5.74) is 2.82. The molecule has 3 aromatic rings. The summed E-state index contributed by atoms with van der Waals surface area (Å²) in [6.07, 6.45) is 9.33. The molecule has 1 aromatic heterocycles. The van der Waals surface area contributed by atoms with E-state index in [-0.39, 0.29) is 17.3 Å². The van der Waals surface area contributed by atoms with Crippen LogP contribution in [0.5, 0.6) is 0 Å². The number of hydrogen-bond donors (Lipinski definition) is 1. The van der Waals surface area contributed by atoms with Crippen LogP contribution in [-0.4, -0.2) is 45.9 Å². The average Bonchev–Trinajstić information content (AvgIpc) is 3.35. The van der Waals surface area contributed by atoms with E-state index >= 15 is 0 Å². The Kier molecular flexibility index (Phi) is 6.68. The SMILES string of the molecule is O=C(CCCc1c[nH]c2ccccc12)N1CCC[C@@]2(CCCN2Cc2cc(F)ccc2F)CC1. The number of aromatic amines is 1. The minimum atomic E-state index is -0.394. The van der Waals surface area contributed by atoms with Crippen molar-refractivity contribution < 1.29 is 13.6 Å². The number of amides is 1. The number of aryl methyl sites for hydroxylation is 1. The fourth-order valence-corrected chi connectivity index (χ4v) is 6.03. The molecule has 6 heteroatoms. The van der Waals surface area contributed by atoms with Gasteiger partial charge in [-0.05, 0) is 81.3 Å². The molecule has 0 aliphatic carbocycles. The smallest absolute Gasteiger partial charge is 0.222 e. The molecule has 0 unspecified atom stereocenters. The second-order valence-electron chi connectivity index (χ2n) is 9.93. The third kappa shape index (κ3) is 4.74. The Morgan fingerprint density at radius 2 is 1.79 bits per heavy atom. The second kappa shape index (κ2) is 9.87. The number of halogens is 2. The highest BCUT2D eigenvalue weighted by Crippen LogP contribution is 2.39. The predicted octanol–water partition coefficient (Wildman–Crippen LogP) is 5.82. The summed E-state index contributed by atoms with van der Waals surface area (Å²) in [4.78, 5) is 20.7. The maximum Gasteiger partial charge on any atom is 0.222 e. The lowest BCUT2D eigenvalue weighted by molar-refractivity contribution is -0.131. The van der Waals surface area contributed by atoms with Crippen LogP contribution >= 0.6 is 0 Å². The predicted molar refractivity (Wildman–Crippen MR) is 130 cm³/mol. The quantitative estimate of drug-likeness (QED) is 0.499. The lowest BCUT2D eigenvalue weighted by atomic mass is 9.87. The minimum absolute atomic E-state index is 0.0160. The number of hydrogen-bond acceptors (Lipinski definition) is 2. The number of benzene rings is 2. The van der Waals surface area contributed by atoms with Crippen LogP contribution in [-0.2, 0) is 17.8 Å². The van der Waals surface area contributed by atoms with Gasteiger partial charge in [0.2, 0.25) is 5.91 Å². The molecule has 1 amide bonds. The van der Waals surface area contributed by atoms with Gasteiger partial charge in [-0.1, -0.05) is 18.2 Å². The first-order valence-electron chi connectivity index (χ1n) is 12.6. The van der Waals surface area contributed by atoms with Crippen LogP contribution < -0.4 is 0 Å². The molecule has 34 heavy (non-hydrogen) atoms. The molecule has 3 heterocycles. The van der Waals surface area contributed by atoms with E-state index in [9.17, 15) is 13.6 Å². The van der Waals surface area contributed by atoms with Gasteiger partial charge in [0, 0.05) is 54.3 Å². The van der Waals surface area contributed by atoms with Crippen molar-refractivity contribution in [3.05, 3.63) is 71.4 Å². The Morgan fingerprint density at radius 3 is 2.68 bits per heavy atom. The highest BCUT2D eigenvalue weighted by Gasteiger charge is 2.42. The van der Waals surface area contributed by atoms with Crippen molar-refractivity contribution in [2.45, 2.75) is 63.5 Å². The monoisotopic (exact) mass is 465 g/mol. The number of nitrogens with one attached hydrogen (secondary N) is 1. The Balaban J connectivity index is 1.17. The number of likely N-dealkylation sites (tertiary alicyclic amines) is 2. The lowest BCUT2D eigenvalue weighted by Crippen LogP contribution is -2.44. The second-order valence-corrected chi connectivity index (χ2v) is 9.93. The lowest BCUT2D eigenvalue weighted by Gasteiger charge is -2.38. The van der Waals surface area contributed by atoms with Gasteiger partial charge in [0.05, 0.1) is 0 Å². The number of H-pyrrole nitrogens is 1. The first kappa shape index (κ1) is 23.0. The molecule has 0 radical (unpaired) electrons. The largest absolute Gasteiger partial charge is 0.361 e. The van der Waals surface area contributed by atoms with E-state index in [2.05, 4.69) is 28.2 Å². The fourth-order valence-electron chi connectivity index (χ4n) is 6.03. The molecule has 0 saturated carbocycles. The van der Waals surface area contributed by atoms with Crippen molar-refractivity contribution >= 4 is 16.8 Å². The molecular weight excluding hydrogens is 432 g/mol. The topological polar surface area (TPSA) is 39.3 Å². The number of aromatic nitrogens is 1. The summed E-state index contributed by atoms with van der Waals surface area (Å²) in [7, 11) is 0. The Morgan fingerprint density at radius 1 is 0.971 bits per heavy atom. The van der Waals surface area contributed by atoms with Crippen LogP contribution in [0.15, 0.2) is 48.7 Å². The maximum atomic E-state index is 14.3. The molecule has 1 N–H and O–H groups in total. The van der Waals surface area contributed by atoms with Gasteiger partial charge in [0.1, 0.15) is 11.6 Å². The number of carbonyl (C=O) groups is 1. The summed E-state index contributed by atoms with van der Waals surface area (Å²) in [6, 6.07) is 12.0. The van der Waals surface area contributed by atoms with Crippen molar-refractivity contribution in [2.24, 2.45) is 0 Å². The Bertz CT molecular complexity index is 1160. The standard InChI is InChI=1S/C28H33F2N3O/c29-23-10-11-25(30)22(18-23)20-33-16-5-13-28(33)12-4-15-32(17-14-28)27(34)9-3-6-21-19-31-26-8-2-1-7-24(21)26/h1-2,7-8,10-11,18-19,31H,3-6,9,12-17,20H2/t28-/m1/s1. The molecule has 5 rings (SSSR count). The van der Waals surface area contributed by atoms with E-state index in [4.69, 9.17) is 0 Å². The van der Waals surface area contributed by atoms with Crippen LogP contribution in [0.25, 0.3) is 10.9 Å². The van der Waals surface area contributed by atoms with Crippen molar-refractivity contribution in [3.63, 3.8) is 0 Å². The van der Waals surface area contributed by atoms with Crippen molar-refractivity contribution in [2.75, 3.05) is 19.6 Å². The molecule has 4 nitrogen and oxygen atoms in total. The number of nitrogens with zero attached hydrogens (tertiary/aromatic N) is 2. The first-order valence-corrected chi connectivity index (χ1v) is 12.6. The maximum absolute atomic E-state index is 14.3. The van der Waals surface area contributed by atoms with Crippen LogP contribution in [0.2, 0.25) is 0 Å². The number of carbonyl (C=O) groups excluding carboxylic acids is 1. The molecule has 1 spiro atoms. The zero-order valence-corrected chi connectivity index (χ0v) is 19.7. The third-order valence-corrected chi connectivity index (χ3v) is 7.89. The molecule has 2 aliphatic heterocycles. The number of fused-ring (bicyclic) bond motifs is 1. The zero-order valence-electron chi connectivity index (χ0n) is 19.7. The highest BCUT2D eigenvalue weighted by atomic mass is 19.1. The molecule has 2 aliphatic rings. The van der Waals surface area contributed by atoms with E-state index in [1.54, 1.807) is 0 Å². The summed E-state index contributed by atoms with van der Waals surface area (Å²) >= 11 is 0. The summed E-state index contributed by atoms with van der Waals surface area (Å²) in [6.45, 7) is 2.86. The van der Waals surface area contributed by atoms with Crippen molar-refractivity contribution in [1.29, 1.82) is 0 Å². The van der Waals surface area contributed by atoms with Gasteiger partial charge in [-0.2, -0.15) is 0 Å². The van der Waals surface area contributed by atoms with E-state index < -0.39 is 5.82 Å². The number of rotatable bonds is 6. The molecular formula is C28H33F2N3O. The Labute approximate surface area is 199 Å². The van der Waals surface area contributed by atoms with Gasteiger partial charge in [0.15, 0.2) is 0 Å². The van der Waals surface area contributed by atoms with E-state index in [1.807, 2.05) is 17.0 Å². The molecule has 0 bridgehead atoms. The molecule has 2 aromatic carbocycles. The van der Waals surface area contributed by atoms with Gasteiger partial charge in [-0.25, -0.2) is 8.78 Å². The van der Waals surface area contributed by atoms with Gasteiger partial charge >= 0.3 is 0 Å². The summed E-state index contributed by atoms with van der Waals surface area (Å²) < 4.78 is 28.0. The van der Waals surface area contributed by atoms with Gasteiger partial charge in [-0.3, -0.25) is 9.69 Å². The number of para-hydroxylation sites is 1. The third-order valence-electron chi connectivity index (χ3n) is 7.89. The van der Waals surface area contributed by atoms with Crippen LogP contribution in [0.1, 0.15) is 56.1 Å². The molecule has 2 fully saturated rings. The van der Waals surface area contributed by atoms with Crippen molar-refractivity contribution in [3.8, 4) is 0 Å². The molecule has 1 atom stereocenters. The van der Waals surface area contributed by atoms with Gasteiger partial charge < -0.3 is 9.88 Å². The Hall–Kier alpha value is -2.73. The van der Waals surface area contributed by atoms with E-state index in [0.717, 1.165) is 70.1 Å². The van der Waals surface area contributed by atoms with Crippen LogP contribution in [0, 0.1) is 11.6 Å². The summed E-state index contributed by atoms with van der Waals surface area (Å²) in [5.74, 6) is -0.503. The van der Waals surface area contributed by atoms with Crippen LogP contribution in [0.3, 0.4) is 0 Å². The molecule has 2 saturated heterocycles. The molecule has 180 valence electrons. The average molecular weight is 466 g/mol. The van der Waals surface area contributed by atoms with E-state index in [1.165, 1.54) is 29.1 Å². The van der Waals surface area contributed by atoms with E-state index in [0.29, 0.717) is 18.5 Å². The van der Waals surface area contributed by atoms with Gasteiger partial charge in [0.25, 0.3) is 0 Å². The first-order chi connectivity index (χ1) is 16.5. The highest BCUT2D eigenvalue weighted by molar-refractivity contribution is 5.83. The minimum Gasteiger partial charge on any atom is -0.361 e. The zero-order chi connectivity index (χ0) is 23.5. The summed E-state index contributed by atoms with van der Waals surface area (Å²) in [5, 5.41) is 1.24. The van der Waals surface area contributed by atoms with Crippen molar-refractivity contribution in [1.82, 2.24) is 14.8 Å². The van der Waals surface area contributed by atoms with Gasteiger partial charge in [-0.15, -0.1) is 0 Å². The normalized spacial score (nSPS) is 21.4.